The fourth-order valence-electron chi connectivity index (χ4n) is 12.7. The molecule has 696 valence electrons. The predicted molar refractivity (Wildman–Crippen MR) is 461 cm³/mol. The lowest BCUT2D eigenvalue weighted by molar-refractivity contribution is -0.144. The van der Waals surface area contributed by atoms with Gasteiger partial charge in [0.1, 0.15) is 67.1 Å². The highest BCUT2D eigenvalue weighted by atomic mass is 16.5. The van der Waals surface area contributed by atoms with Gasteiger partial charge in [-0.25, -0.2) is 9.78 Å². The minimum absolute atomic E-state index is 0.00497. The molecule has 3 rings (SSSR count). The van der Waals surface area contributed by atoms with Crippen molar-refractivity contribution in [1.82, 2.24) is 47.2 Å². The molecular formula is C90H141N9O25. The van der Waals surface area contributed by atoms with Crippen molar-refractivity contribution in [2.24, 2.45) is 17.3 Å². The van der Waals surface area contributed by atoms with E-state index in [9.17, 15) is 82.4 Å². The molecule has 3 aromatic rings. The highest BCUT2D eigenvalue weighted by Crippen LogP contribution is 2.27. The van der Waals surface area contributed by atoms with Crippen LogP contribution in [0.2, 0.25) is 0 Å². The number of aromatic amines is 1. The summed E-state index contributed by atoms with van der Waals surface area (Å²) in [7, 11) is 0. The molecule has 34 nitrogen and oxygen atoms in total. The van der Waals surface area contributed by atoms with Crippen LogP contribution in [0.4, 0.5) is 0 Å². The molecule has 124 heavy (non-hydrogen) atoms. The van der Waals surface area contributed by atoms with E-state index in [0.717, 1.165) is 16.8 Å². The van der Waals surface area contributed by atoms with Gasteiger partial charge in [0.15, 0.2) is 5.78 Å². The fraction of sp³-hybridized carbons (Fsp3) is 0.678. The Labute approximate surface area is 730 Å². The second-order valence-electron chi connectivity index (χ2n) is 33.4. The van der Waals surface area contributed by atoms with Crippen LogP contribution in [-0.2, 0) is 135 Å². The molecule has 1 aromatic heterocycles. The van der Waals surface area contributed by atoms with Gasteiger partial charge in [-0.3, -0.25) is 67.6 Å². The molecule has 0 saturated carbocycles. The third-order valence-corrected chi connectivity index (χ3v) is 20.4. The van der Waals surface area contributed by atoms with E-state index in [0.29, 0.717) is 77.0 Å². The SMILES string of the molecule is CC(C)(C(=O)CC[C@@H](CCCCNC(=O)COCCOCCNC(=O)COCCOCCCC(=O)CC[C@H](NC(=O)CCCc1ccc(C(C)(C)C)cc1)C(=O)O)C(=O)CN[C@@H](CCCCNC(=O)COCCOCCCC(=O)COCCOCCNC(=O)CC[C@H](CC(=O)CCCc1ccc(C(C)(C)C)cc1)C(=O)O)C(=O)O)C(=O)NCCc1cnc[nH]1. The predicted octanol–water partition coefficient (Wildman–Crippen LogP) is 6.74. The number of nitrogens with zero attached hydrogens (tertiary/aromatic N) is 1. The first-order chi connectivity index (χ1) is 59.1. The zero-order valence-electron chi connectivity index (χ0n) is 74.4. The number of nitrogens with one attached hydrogen (secondary N) is 8. The van der Waals surface area contributed by atoms with Gasteiger partial charge in [-0.1, -0.05) is 96.5 Å². The maximum atomic E-state index is 13.9. The lowest BCUT2D eigenvalue weighted by Crippen LogP contribution is -2.43. The number of ether oxygens (including phenoxy) is 8. The number of rotatable bonds is 76. The molecule has 0 saturated heterocycles. The van der Waals surface area contributed by atoms with Crippen LogP contribution in [0.3, 0.4) is 0 Å². The van der Waals surface area contributed by atoms with Crippen molar-refractivity contribution < 1.29 is 120 Å². The second kappa shape index (κ2) is 63.7. The van der Waals surface area contributed by atoms with Gasteiger partial charge in [0.05, 0.1) is 84.9 Å². The number of aliphatic carboxylic acids is 3. The Morgan fingerprint density at radius 3 is 1.34 bits per heavy atom. The zero-order chi connectivity index (χ0) is 91.4. The summed E-state index contributed by atoms with van der Waals surface area (Å²) in [6.45, 7) is 17.9. The molecule has 6 amide bonds. The summed E-state index contributed by atoms with van der Waals surface area (Å²) < 4.78 is 43.6. The molecule has 1 heterocycles. The fourth-order valence-corrected chi connectivity index (χ4v) is 12.7. The number of imidazole rings is 1. The Morgan fingerprint density at radius 1 is 0.379 bits per heavy atom. The van der Waals surface area contributed by atoms with Crippen LogP contribution in [0.1, 0.15) is 218 Å². The van der Waals surface area contributed by atoms with Crippen molar-refractivity contribution in [3.8, 4) is 0 Å². The topological polar surface area (TPSA) is 486 Å². The molecule has 0 unspecified atom stereocenters. The van der Waals surface area contributed by atoms with Crippen LogP contribution in [-0.4, -0.2) is 265 Å². The van der Waals surface area contributed by atoms with Gasteiger partial charge >= 0.3 is 17.9 Å². The molecule has 0 aliphatic rings. The number of Topliss-reactive ketones (excluding diaryl/α,β-unsaturated/α-hetero) is 5. The van der Waals surface area contributed by atoms with Crippen LogP contribution in [0, 0.1) is 17.3 Å². The van der Waals surface area contributed by atoms with Gasteiger partial charge in [-0.05, 0) is 137 Å². The zero-order valence-corrected chi connectivity index (χ0v) is 74.4. The van der Waals surface area contributed by atoms with Crippen molar-refractivity contribution >= 4 is 82.3 Å². The number of aryl methyl sites for hydroxylation is 2. The van der Waals surface area contributed by atoms with E-state index in [1.165, 1.54) is 31.3 Å². The van der Waals surface area contributed by atoms with Crippen molar-refractivity contribution in [1.29, 1.82) is 0 Å². The number of H-pyrrole nitrogens is 1. The van der Waals surface area contributed by atoms with Gasteiger partial charge < -0.3 is 90.1 Å². The molecule has 0 radical (unpaired) electrons. The molecule has 2 aromatic carbocycles. The molecule has 0 bridgehead atoms. The minimum Gasteiger partial charge on any atom is -0.481 e. The summed E-state index contributed by atoms with van der Waals surface area (Å²) in [5.41, 5.74) is 4.12. The van der Waals surface area contributed by atoms with Crippen molar-refractivity contribution in [3.63, 3.8) is 0 Å². The van der Waals surface area contributed by atoms with Crippen molar-refractivity contribution in [2.75, 3.05) is 145 Å². The van der Waals surface area contributed by atoms with E-state index in [2.05, 4.69) is 125 Å². The Morgan fingerprint density at radius 2 is 0.839 bits per heavy atom. The van der Waals surface area contributed by atoms with Gasteiger partial charge in [0.2, 0.25) is 35.4 Å². The standard InChI is InChI=1S/C90H141N9O25/c1-88(2,3)69-31-25-65(26-32-69)17-13-20-73(101)57-68(84(110)111)30-38-79(105)94-43-47-119-51-53-121-60-74(102)22-16-46-118-50-54-122-61-82(108)93-41-12-10-23-75(85(112)113)97-59-77(103)67(29-37-78(104)90(7,8)87(116)96-42-39-71-58-91-64-98-71)19-9-11-40-92-81(107)62-124-56-52-120-48-44-95-83(109)63-123-55-49-117-45-15-21-72(100)35-36-76(86(114)115)99-80(106)24-14-18-66-27-33-70(34-28-66)89(4,5)6/h25-28,31-34,58,64,67-68,75-76,97H,9-24,29-30,35-57,59-63H2,1-8H3,(H,91,98)(H,92,107)(H,93,108)(H,94,105)(H,95,109)(H,96,116)(H,99,106)(H,110,111)(H,112,113)(H,114,115)/t67-,68-,75+,76+/m1/s1. The first-order valence-corrected chi connectivity index (χ1v) is 43.6. The average Bonchev–Trinajstić information content (AvgIpc) is 0.880. The van der Waals surface area contributed by atoms with Gasteiger partial charge in [0.25, 0.3) is 0 Å². The van der Waals surface area contributed by atoms with Crippen LogP contribution in [0.15, 0.2) is 61.1 Å². The minimum atomic E-state index is -1.41. The van der Waals surface area contributed by atoms with Crippen LogP contribution >= 0.6 is 0 Å². The van der Waals surface area contributed by atoms with E-state index in [1.807, 2.05) is 12.1 Å². The summed E-state index contributed by atoms with van der Waals surface area (Å²) in [6.07, 6.45) is 9.87. The summed E-state index contributed by atoms with van der Waals surface area (Å²) in [4.78, 5) is 183. The molecule has 34 heteroatoms. The first kappa shape index (κ1) is 109. The van der Waals surface area contributed by atoms with Crippen LogP contribution < -0.4 is 37.2 Å². The number of carboxylic acids is 3. The van der Waals surface area contributed by atoms with E-state index >= 15 is 0 Å². The number of ketones is 5. The normalized spacial score (nSPS) is 12.6. The molecule has 11 N–H and O–H groups in total. The number of carbonyl (C=O) groups is 14. The maximum Gasteiger partial charge on any atom is 0.326 e. The van der Waals surface area contributed by atoms with E-state index in [1.54, 1.807) is 6.20 Å². The van der Waals surface area contributed by atoms with Gasteiger partial charge in [-0.15, -0.1) is 0 Å². The van der Waals surface area contributed by atoms with Crippen LogP contribution in [0.25, 0.3) is 0 Å². The highest BCUT2D eigenvalue weighted by molar-refractivity contribution is 6.05. The Kier molecular flexibility index (Phi) is 56.0. The van der Waals surface area contributed by atoms with Crippen LogP contribution in [0.5, 0.6) is 0 Å². The molecule has 0 aliphatic carbocycles. The third kappa shape index (κ3) is 52.6. The number of hydrogen-bond acceptors (Lipinski definition) is 24. The molecule has 4 atom stereocenters. The lowest BCUT2D eigenvalue weighted by atomic mass is 9.82. The van der Waals surface area contributed by atoms with Gasteiger partial charge in [-0.2, -0.15) is 0 Å². The number of aromatic nitrogens is 2. The molecule has 0 spiro atoms. The monoisotopic (exact) mass is 1750 g/mol. The lowest BCUT2D eigenvalue weighted by Gasteiger charge is -2.24. The molecule has 0 fully saturated rings. The van der Waals surface area contributed by atoms with Crippen molar-refractivity contribution in [2.45, 2.75) is 232 Å². The number of benzene rings is 2. The summed E-state index contributed by atoms with van der Waals surface area (Å²) in [5.74, 6) is -8.59. The Hall–Kier alpha value is -9.13. The summed E-state index contributed by atoms with van der Waals surface area (Å²) >= 11 is 0. The quantitative estimate of drug-likeness (QED) is 0.0206. The Balaban J connectivity index is 1.21. The highest BCUT2D eigenvalue weighted by Gasteiger charge is 2.36. The number of hydrogen-bond donors (Lipinski definition) is 11. The van der Waals surface area contributed by atoms with E-state index in [4.69, 9.17) is 37.9 Å². The summed E-state index contributed by atoms with van der Waals surface area (Å²) in [5, 5.41) is 48.4. The smallest absolute Gasteiger partial charge is 0.326 e. The number of amides is 6. The third-order valence-electron chi connectivity index (χ3n) is 20.4. The van der Waals surface area contributed by atoms with E-state index in [-0.39, 0.29) is 291 Å². The molecular weight excluding hydrogens is 1610 g/mol. The number of carbonyl (C=O) groups excluding carboxylic acids is 11. The number of carboxylic acid groups (broad SMARTS) is 3. The van der Waals surface area contributed by atoms with E-state index < -0.39 is 53.1 Å². The largest absolute Gasteiger partial charge is 0.481 e. The number of unbranched alkanes of at least 4 members (excludes halogenated alkanes) is 2. The first-order valence-electron chi connectivity index (χ1n) is 43.6. The molecule has 0 aliphatic heterocycles. The van der Waals surface area contributed by atoms with Crippen molar-refractivity contribution in [3.05, 3.63) is 89.0 Å². The van der Waals surface area contributed by atoms with Gasteiger partial charge in [0, 0.05) is 122 Å². The Bertz CT molecular complexity index is 3660. The average molecular weight is 1750 g/mol. The second-order valence-corrected chi connectivity index (χ2v) is 33.4. The maximum absolute atomic E-state index is 13.9. The summed E-state index contributed by atoms with van der Waals surface area (Å²) in [6, 6.07) is 14.3.